The van der Waals surface area contributed by atoms with Crippen LogP contribution in [0.5, 0.6) is 17.2 Å². The summed E-state index contributed by atoms with van der Waals surface area (Å²) in [5.41, 5.74) is 6.53. The van der Waals surface area contributed by atoms with Crippen LogP contribution in [-0.2, 0) is 0 Å². The summed E-state index contributed by atoms with van der Waals surface area (Å²) in [6.45, 7) is 8.94. The van der Waals surface area contributed by atoms with Crippen molar-refractivity contribution in [1.82, 2.24) is 15.0 Å². The number of nitrogens with one attached hydrogen (secondary N) is 1. The molecule has 0 saturated heterocycles. The van der Waals surface area contributed by atoms with Gasteiger partial charge in [-0.3, -0.25) is 4.98 Å². The third kappa shape index (κ3) is 7.62. The van der Waals surface area contributed by atoms with Crippen molar-refractivity contribution >= 4 is 11.0 Å². The van der Waals surface area contributed by atoms with Crippen molar-refractivity contribution in [1.29, 1.82) is 0 Å². The lowest BCUT2D eigenvalue weighted by Gasteiger charge is -2.20. The number of aromatic amines is 1. The minimum atomic E-state index is 0.420. The number of unbranched alkanes of at least 4 members (excludes halogenated alkanes) is 8. The molecule has 1 N–H and O–H groups in total. The molecule has 0 radical (unpaired) electrons. The number of hydrogen-bond acceptors (Lipinski definition) is 4. The number of rotatable bonds is 15. The number of benzene rings is 2. The topological polar surface area (TPSA) is 60.0 Å². The monoisotopic (exact) mass is 527 g/mol. The summed E-state index contributed by atoms with van der Waals surface area (Å²) >= 11 is 0. The van der Waals surface area contributed by atoms with Crippen LogP contribution in [0.3, 0.4) is 0 Å². The number of H-pyrrole nitrogens is 1. The number of fused-ring (bicyclic) bond motifs is 1. The van der Waals surface area contributed by atoms with Crippen molar-refractivity contribution in [2.24, 2.45) is 0 Å². The van der Waals surface area contributed by atoms with Gasteiger partial charge in [0.15, 0.2) is 11.5 Å². The molecule has 5 nitrogen and oxygen atoms in total. The third-order valence-corrected chi connectivity index (χ3v) is 7.84. The number of aromatic nitrogens is 3. The molecule has 2 aromatic heterocycles. The first-order valence-corrected chi connectivity index (χ1v) is 14.8. The lowest BCUT2D eigenvalue weighted by molar-refractivity contribution is 0.377. The van der Waals surface area contributed by atoms with Gasteiger partial charge in [0.25, 0.3) is 0 Å². The van der Waals surface area contributed by atoms with Crippen LogP contribution in [0, 0.1) is 13.8 Å². The third-order valence-electron chi connectivity index (χ3n) is 7.84. The Balaban J connectivity index is 1.47. The van der Waals surface area contributed by atoms with Gasteiger partial charge in [0.05, 0.1) is 18.1 Å². The van der Waals surface area contributed by atoms with E-state index in [2.05, 4.69) is 49.8 Å². The zero-order valence-corrected chi connectivity index (χ0v) is 24.5. The Morgan fingerprint density at radius 1 is 0.795 bits per heavy atom. The summed E-state index contributed by atoms with van der Waals surface area (Å²) < 4.78 is 12.4. The maximum atomic E-state index is 6.62. The van der Waals surface area contributed by atoms with E-state index in [1.54, 1.807) is 19.5 Å². The predicted octanol–water partition coefficient (Wildman–Crippen LogP) is 10.1. The second kappa shape index (κ2) is 14.2. The molecule has 0 saturated carbocycles. The molecule has 2 aromatic carbocycles. The number of pyridine rings is 1. The average Bonchev–Trinajstić information content (AvgIpc) is 3.37. The normalized spacial score (nSPS) is 12.1. The minimum Gasteiger partial charge on any atom is -0.493 e. The highest BCUT2D eigenvalue weighted by molar-refractivity contribution is 5.83. The number of nitrogens with zero attached hydrogens (tertiary/aromatic N) is 2. The van der Waals surface area contributed by atoms with Gasteiger partial charge in [0, 0.05) is 30.1 Å². The highest BCUT2D eigenvalue weighted by atomic mass is 16.5. The average molecular weight is 528 g/mol. The van der Waals surface area contributed by atoms with Gasteiger partial charge in [-0.1, -0.05) is 77.7 Å². The Hall–Kier alpha value is -3.34. The van der Waals surface area contributed by atoms with Gasteiger partial charge in [-0.05, 0) is 61.1 Å². The molecule has 0 bridgehead atoms. The van der Waals surface area contributed by atoms with Gasteiger partial charge < -0.3 is 14.5 Å². The summed E-state index contributed by atoms with van der Waals surface area (Å²) in [4.78, 5) is 12.3. The van der Waals surface area contributed by atoms with Crippen molar-refractivity contribution < 1.29 is 9.47 Å². The predicted molar refractivity (Wildman–Crippen MR) is 162 cm³/mol. The maximum absolute atomic E-state index is 6.62. The molecule has 2 heterocycles. The number of imidazole rings is 1. The highest BCUT2D eigenvalue weighted by Gasteiger charge is 2.18. The molecule has 1 atom stereocenters. The summed E-state index contributed by atoms with van der Waals surface area (Å²) in [5.74, 6) is 3.49. The van der Waals surface area contributed by atoms with E-state index in [0.717, 1.165) is 28.2 Å². The molecule has 0 aliphatic heterocycles. The second-order valence-electron chi connectivity index (χ2n) is 10.9. The fourth-order valence-electron chi connectivity index (χ4n) is 5.22. The van der Waals surface area contributed by atoms with E-state index in [1.165, 1.54) is 80.9 Å². The molecule has 0 spiro atoms. The zero-order valence-electron chi connectivity index (χ0n) is 24.5. The van der Waals surface area contributed by atoms with Crippen molar-refractivity contribution in [3.05, 3.63) is 65.5 Å². The van der Waals surface area contributed by atoms with E-state index < -0.39 is 0 Å². The van der Waals surface area contributed by atoms with Crippen LogP contribution < -0.4 is 9.47 Å². The number of aryl methyl sites for hydroxylation is 2. The largest absolute Gasteiger partial charge is 0.493 e. The van der Waals surface area contributed by atoms with Gasteiger partial charge >= 0.3 is 0 Å². The summed E-state index contributed by atoms with van der Waals surface area (Å²) in [6, 6.07) is 12.3. The van der Waals surface area contributed by atoms with E-state index in [-0.39, 0.29) is 0 Å². The molecule has 0 aliphatic rings. The summed E-state index contributed by atoms with van der Waals surface area (Å²) in [7, 11) is 1.68. The highest BCUT2D eigenvalue weighted by Crippen LogP contribution is 2.40. The van der Waals surface area contributed by atoms with Crippen LogP contribution in [0.1, 0.15) is 101 Å². The van der Waals surface area contributed by atoms with Gasteiger partial charge in [0.1, 0.15) is 11.6 Å². The molecule has 0 fully saturated rings. The maximum Gasteiger partial charge on any atom is 0.171 e. The Kier molecular flexibility index (Phi) is 10.4. The minimum absolute atomic E-state index is 0.420. The Bertz CT molecular complexity index is 1330. The fourth-order valence-corrected chi connectivity index (χ4v) is 5.22. The molecule has 39 heavy (non-hydrogen) atoms. The lowest BCUT2D eigenvalue weighted by atomic mass is 9.91. The zero-order chi connectivity index (χ0) is 27.6. The lowest BCUT2D eigenvalue weighted by Crippen LogP contribution is -2.01. The van der Waals surface area contributed by atoms with Crippen LogP contribution in [0.2, 0.25) is 0 Å². The molecule has 5 heteroatoms. The van der Waals surface area contributed by atoms with Crippen molar-refractivity contribution in [3.8, 4) is 28.6 Å². The van der Waals surface area contributed by atoms with Gasteiger partial charge in [0.2, 0.25) is 0 Å². The van der Waals surface area contributed by atoms with Crippen molar-refractivity contribution in [2.45, 2.75) is 97.8 Å². The van der Waals surface area contributed by atoms with E-state index in [0.29, 0.717) is 17.4 Å². The number of hydrogen-bond donors (Lipinski definition) is 1. The Morgan fingerprint density at radius 2 is 1.46 bits per heavy atom. The molecule has 0 amide bonds. The van der Waals surface area contributed by atoms with Crippen LogP contribution >= 0.6 is 0 Å². The standard InChI is InChI=1S/C34H45N3O2/c1-6-7-8-9-10-11-12-13-14-15-24(2)28-20-25(3)26(4)21-31(28)39-33-23-30-29(22-32(33)38-5)36-34(37-30)27-16-18-35-19-17-27/h16-24H,6-15H2,1-5H3,(H,36,37). The molecular weight excluding hydrogens is 482 g/mol. The van der Waals surface area contributed by atoms with Crippen LogP contribution in [0.25, 0.3) is 22.4 Å². The quantitative estimate of drug-likeness (QED) is 0.156. The van der Waals surface area contributed by atoms with Gasteiger partial charge in [-0.25, -0.2) is 4.98 Å². The van der Waals surface area contributed by atoms with Crippen molar-refractivity contribution in [3.63, 3.8) is 0 Å². The molecular formula is C34H45N3O2. The molecule has 4 rings (SSSR count). The van der Waals surface area contributed by atoms with Crippen LogP contribution in [-0.4, -0.2) is 22.1 Å². The summed E-state index contributed by atoms with van der Waals surface area (Å²) in [5, 5.41) is 0. The first kappa shape index (κ1) is 28.7. The number of methoxy groups -OCH3 is 1. The Labute approximate surface area is 234 Å². The van der Waals surface area contributed by atoms with E-state index in [9.17, 15) is 0 Å². The summed E-state index contributed by atoms with van der Waals surface area (Å²) in [6.07, 6.45) is 16.9. The van der Waals surface area contributed by atoms with E-state index in [4.69, 9.17) is 14.5 Å². The smallest absolute Gasteiger partial charge is 0.171 e. The fraction of sp³-hybridized carbons (Fsp3) is 0.471. The Morgan fingerprint density at radius 3 is 2.15 bits per heavy atom. The second-order valence-corrected chi connectivity index (χ2v) is 10.9. The molecule has 4 aromatic rings. The number of ether oxygens (including phenoxy) is 2. The SMILES string of the molecule is CCCCCCCCCCCC(C)c1cc(C)c(C)cc1Oc1cc2[nH]c(-c3ccncc3)nc2cc1OC. The first-order chi connectivity index (χ1) is 19.0. The van der Waals surface area contributed by atoms with Gasteiger partial charge in [-0.15, -0.1) is 0 Å². The van der Waals surface area contributed by atoms with Crippen LogP contribution in [0.15, 0.2) is 48.8 Å². The molecule has 1 unspecified atom stereocenters. The van der Waals surface area contributed by atoms with Crippen LogP contribution in [0.4, 0.5) is 0 Å². The first-order valence-electron chi connectivity index (χ1n) is 14.8. The van der Waals surface area contributed by atoms with E-state index >= 15 is 0 Å². The van der Waals surface area contributed by atoms with Crippen molar-refractivity contribution in [2.75, 3.05) is 7.11 Å². The van der Waals surface area contributed by atoms with E-state index in [1.807, 2.05) is 24.3 Å². The molecule has 208 valence electrons. The van der Waals surface area contributed by atoms with Gasteiger partial charge in [-0.2, -0.15) is 0 Å². The molecule has 0 aliphatic carbocycles.